The summed E-state index contributed by atoms with van der Waals surface area (Å²) >= 11 is 0. The zero-order valence-corrected chi connectivity index (χ0v) is 14.4. The fourth-order valence-electron chi connectivity index (χ4n) is 3.45. The Bertz CT molecular complexity index is 1180. The Hall–Kier alpha value is -3.55. The van der Waals surface area contributed by atoms with E-state index >= 15 is 0 Å². The van der Waals surface area contributed by atoms with Crippen molar-refractivity contribution >= 4 is 22.4 Å². The molecule has 4 aromatic rings. The van der Waals surface area contributed by atoms with E-state index < -0.39 is 11.7 Å². The molecule has 28 heavy (non-hydrogen) atoms. The van der Waals surface area contributed by atoms with Crippen molar-refractivity contribution in [1.29, 1.82) is 0 Å². The van der Waals surface area contributed by atoms with Gasteiger partial charge >= 0.3 is 6.18 Å². The summed E-state index contributed by atoms with van der Waals surface area (Å²) in [5.41, 5.74) is 2.77. The highest BCUT2D eigenvalue weighted by molar-refractivity contribution is 5.95. The lowest BCUT2D eigenvalue weighted by Crippen LogP contribution is -2.07. The molecular weight excluding hydrogens is 367 g/mol. The van der Waals surface area contributed by atoms with Crippen LogP contribution in [0.5, 0.6) is 0 Å². The number of aromatic nitrogens is 3. The van der Waals surface area contributed by atoms with E-state index in [2.05, 4.69) is 25.8 Å². The maximum atomic E-state index is 13.9. The molecule has 0 spiro atoms. The van der Waals surface area contributed by atoms with Crippen LogP contribution in [-0.2, 0) is 6.18 Å². The Morgan fingerprint density at radius 1 is 0.857 bits per heavy atom. The average molecular weight is 381 g/mol. The van der Waals surface area contributed by atoms with Crippen LogP contribution in [-0.4, -0.2) is 21.9 Å². The third kappa shape index (κ3) is 2.65. The van der Waals surface area contributed by atoms with Gasteiger partial charge in [0.2, 0.25) is 0 Å². The summed E-state index contributed by atoms with van der Waals surface area (Å²) in [5, 5.41) is 13.0. The van der Waals surface area contributed by atoms with Gasteiger partial charge in [-0.1, -0.05) is 36.4 Å². The molecule has 0 amide bonds. The van der Waals surface area contributed by atoms with Crippen molar-refractivity contribution in [1.82, 2.24) is 15.2 Å². The lowest BCUT2D eigenvalue weighted by Gasteiger charge is -2.12. The van der Waals surface area contributed by atoms with E-state index in [1.165, 1.54) is 0 Å². The lowest BCUT2D eigenvalue weighted by molar-refractivity contribution is -0.136. The highest BCUT2D eigenvalue weighted by Gasteiger charge is 2.35. The molecule has 1 aliphatic rings. The number of H-pyrrole nitrogens is 1. The van der Waals surface area contributed by atoms with Crippen LogP contribution >= 0.6 is 0 Å². The second-order valence-electron chi connectivity index (χ2n) is 6.51. The zero-order valence-electron chi connectivity index (χ0n) is 14.4. The van der Waals surface area contributed by atoms with Gasteiger partial charge in [0.15, 0.2) is 5.65 Å². The Kier molecular flexibility index (Phi) is 3.55. The third-order valence-corrected chi connectivity index (χ3v) is 4.76. The molecule has 0 saturated heterocycles. The number of pyridine rings is 1. The number of aromatic amines is 1. The van der Waals surface area contributed by atoms with Crippen molar-refractivity contribution in [2.75, 3.05) is 17.3 Å². The molecule has 0 saturated carbocycles. The van der Waals surface area contributed by atoms with Crippen LogP contribution in [0.25, 0.3) is 33.5 Å². The number of nitrogens with zero attached hydrogens (tertiary/aromatic N) is 2. The maximum absolute atomic E-state index is 13.9. The first-order chi connectivity index (χ1) is 13.5. The number of nitrogens with one attached hydrogen (secondary N) is 3. The van der Waals surface area contributed by atoms with Gasteiger partial charge in [-0.3, -0.25) is 5.10 Å². The van der Waals surface area contributed by atoms with Crippen LogP contribution < -0.4 is 10.6 Å². The quantitative estimate of drug-likeness (QED) is 0.452. The number of rotatable bonds is 2. The number of anilines is 2. The molecule has 8 heteroatoms. The monoisotopic (exact) mass is 381 g/mol. The number of alkyl halides is 3. The van der Waals surface area contributed by atoms with E-state index in [9.17, 15) is 13.2 Å². The molecule has 2 aromatic carbocycles. The molecule has 3 heterocycles. The molecule has 2 aromatic heterocycles. The molecule has 5 rings (SSSR count). The van der Waals surface area contributed by atoms with Crippen LogP contribution in [0, 0.1) is 0 Å². The van der Waals surface area contributed by atoms with E-state index in [0.29, 0.717) is 23.5 Å². The van der Waals surface area contributed by atoms with E-state index in [1.807, 2.05) is 6.07 Å². The molecule has 3 N–H and O–H groups in total. The molecule has 1 aliphatic heterocycles. The van der Waals surface area contributed by atoms with Crippen molar-refractivity contribution in [2.24, 2.45) is 0 Å². The van der Waals surface area contributed by atoms with Crippen LogP contribution in [0.4, 0.5) is 24.5 Å². The molecule has 0 fully saturated rings. The van der Waals surface area contributed by atoms with Gasteiger partial charge in [-0.25, -0.2) is 4.98 Å². The third-order valence-electron chi connectivity index (χ3n) is 4.76. The second-order valence-corrected chi connectivity index (χ2v) is 6.51. The largest absolute Gasteiger partial charge is 0.417 e. The Morgan fingerprint density at radius 3 is 2.43 bits per heavy atom. The Balaban J connectivity index is 1.74. The van der Waals surface area contributed by atoms with E-state index in [4.69, 9.17) is 0 Å². The number of fused-ring (bicyclic) bond motifs is 2. The molecule has 140 valence electrons. The van der Waals surface area contributed by atoms with Gasteiger partial charge in [0.05, 0.1) is 40.4 Å². The van der Waals surface area contributed by atoms with Crippen molar-refractivity contribution < 1.29 is 13.2 Å². The van der Waals surface area contributed by atoms with Gasteiger partial charge in [0, 0.05) is 11.1 Å². The molecule has 5 nitrogen and oxygen atoms in total. The maximum Gasteiger partial charge on any atom is 0.417 e. The Morgan fingerprint density at radius 2 is 1.64 bits per heavy atom. The molecule has 0 unspecified atom stereocenters. The van der Waals surface area contributed by atoms with E-state index in [-0.39, 0.29) is 16.7 Å². The fraction of sp³-hybridized carbons (Fsp3) is 0.100. The van der Waals surface area contributed by atoms with E-state index in [0.717, 1.165) is 17.4 Å². The highest BCUT2D eigenvalue weighted by Crippen LogP contribution is 2.40. The van der Waals surface area contributed by atoms with E-state index in [1.54, 1.807) is 42.5 Å². The average Bonchev–Trinajstić information content (AvgIpc) is 3.33. The molecule has 0 radical (unpaired) electrons. The second kappa shape index (κ2) is 5.98. The smallest absolute Gasteiger partial charge is 0.366 e. The van der Waals surface area contributed by atoms with Gasteiger partial charge in [0.1, 0.15) is 0 Å². The normalized spacial score (nSPS) is 13.2. The fourth-order valence-corrected chi connectivity index (χ4v) is 3.45. The van der Waals surface area contributed by atoms with Crippen molar-refractivity contribution in [3.8, 4) is 22.5 Å². The Labute approximate surface area is 157 Å². The molecule has 0 atom stereocenters. The topological polar surface area (TPSA) is 65.6 Å². The first-order valence-electron chi connectivity index (χ1n) is 8.64. The van der Waals surface area contributed by atoms with Gasteiger partial charge in [-0.05, 0) is 18.2 Å². The lowest BCUT2D eigenvalue weighted by atomic mass is 10.0. The van der Waals surface area contributed by atoms with Crippen LogP contribution in [0.2, 0.25) is 0 Å². The minimum atomic E-state index is -4.54. The standard InChI is InChI=1S/C20H14F3N5/c21-20(22,23)13-9-15(12-6-7-14-16(8-12)25-10-24-14)26-19-17(13)18(27-28-19)11-4-2-1-3-5-11/h1-9,24-25H,10H2,(H,26,27,28). The number of benzene rings is 2. The minimum Gasteiger partial charge on any atom is -0.366 e. The predicted molar refractivity (Wildman–Crippen MR) is 102 cm³/mol. The predicted octanol–water partition coefficient (Wildman–Crippen LogP) is 5.11. The van der Waals surface area contributed by atoms with Crippen LogP contribution in [0.1, 0.15) is 5.56 Å². The zero-order chi connectivity index (χ0) is 19.3. The SMILES string of the molecule is FC(F)(F)c1cc(-c2ccc3c(c2)NCN3)nc2n[nH]c(-c3ccccc3)c12. The van der Waals surface area contributed by atoms with Crippen molar-refractivity contribution in [3.63, 3.8) is 0 Å². The number of hydrogen-bond acceptors (Lipinski definition) is 4. The van der Waals surface area contributed by atoms with Crippen molar-refractivity contribution in [3.05, 3.63) is 60.2 Å². The molecule has 0 aliphatic carbocycles. The summed E-state index contributed by atoms with van der Waals surface area (Å²) < 4.78 is 41.7. The van der Waals surface area contributed by atoms with Gasteiger partial charge < -0.3 is 10.6 Å². The van der Waals surface area contributed by atoms with Crippen LogP contribution in [0.3, 0.4) is 0 Å². The summed E-state index contributed by atoms with van der Waals surface area (Å²) in [7, 11) is 0. The summed E-state index contributed by atoms with van der Waals surface area (Å²) in [6.45, 7) is 0.582. The van der Waals surface area contributed by atoms with Gasteiger partial charge in [0.25, 0.3) is 0 Å². The summed E-state index contributed by atoms with van der Waals surface area (Å²) in [6.07, 6.45) is -4.54. The number of halogens is 3. The number of hydrogen-bond donors (Lipinski definition) is 3. The molecular formula is C20H14F3N5. The molecule has 0 bridgehead atoms. The first kappa shape index (κ1) is 16.6. The van der Waals surface area contributed by atoms with Crippen molar-refractivity contribution in [2.45, 2.75) is 6.18 Å². The summed E-state index contributed by atoms with van der Waals surface area (Å²) in [5.74, 6) is 0. The summed E-state index contributed by atoms with van der Waals surface area (Å²) in [6, 6.07) is 15.3. The minimum absolute atomic E-state index is 0.0246. The van der Waals surface area contributed by atoms with Crippen LogP contribution in [0.15, 0.2) is 54.6 Å². The van der Waals surface area contributed by atoms with Gasteiger partial charge in [-0.2, -0.15) is 18.3 Å². The highest BCUT2D eigenvalue weighted by atomic mass is 19.4. The van der Waals surface area contributed by atoms with Gasteiger partial charge in [-0.15, -0.1) is 0 Å². The summed E-state index contributed by atoms with van der Waals surface area (Å²) in [4.78, 5) is 4.40. The first-order valence-corrected chi connectivity index (χ1v) is 8.64.